The lowest BCUT2D eigenvalue weighted by molar-refractivity contribution is -0.127. The highest BCUT2D eigenvalue weighted by Gasteiger charge is 2.68. The average Bonchev–Trinajstić information content (AvgIpc) is 3.40. The van der Waals surface area contributed by atoms with E-state index in [0.29, 0.717) is 6.42 Å². The maximum Gasteiger partial charge on any atom is 0.265 e. The van der Waals surface area contributed by atoms with Gasteiger partial charge in [0.25, 0.3) is 10.1 Å². The molecule has 0 spiro atoms. The van der Waals surface area contributed by atoms with Crippen LogP contribution >= 0.6 is 27.7 Å². The molecular formula is C23H30BrF2N3O5S2. The largest absolute Gasteiger partial charge is 0.382 e. The summed E-state index contributed by atoms with van der Waals surface area (Å²) in [7, 11) is -4.05. The van der Waals surface area contributed by atoms with Crippen LogP contribution in [0, 0.1) is 28.4 Å². The Morgan fingerprint density at radius 3 is 2.50 bits per heavy atom. The Kier molecular flexibility index (Phi) is 8.42. The molecule has 1 heterocycles. The summed E-state index contributed by atoms with van der Waals surface area (Å²) in [4.78, 5) is 15.6. The van der Waals surface area contributed by atoms with Gasteiger partial charge in [0.2, 0.25) is 0 Å². The van der Waals surface area contributed by atoms with Crippen LogP contribution in [0.1, 0.15) is 39.2 Å². The first kappa shape index (κ1) is 29.2. The minimum absolute atomic E-state index is 0.00641. The van der Waals surface area contributed by atoms with Crippen molar-refractivity contribution < 1.29 is 31.7 Å². The Balaban J connectivity index is 0.000000205. The van der Waals surface area contributed by atoms with Gasteiger partial charge in [0.05, 0.1) is 17.1 Å². The molecule has 13 heteroatoms. The summed E-state index contributed by atoms with van der Waals surface area (Å²) in [5.74, 6) is -1.68. The van der Waals surface area contributed by atoms with Crippen molar-refractivity contribution in [1.29, 1.82) is 0 Å². The molecule has 2 aliphatic carbocycles. The fourth-order valence-corrected chi connectivity index (χ4v) is 8.73. The first-order valence-electron chi connectivity index (χ1n) is 11.3. The molecule has 0 amide bonds. The SMILES string of the molecule is CC12CCC(C(Br)C1=O)C2(C)CS(=O)(=O)O.CSC(C)C(O)(Cn1cncn1)c1ccc(F)cc1F. The lowest BCUT2D eigenvalue weighted by atomic mass is 9.70. The number of nitrogens with zero attached hydrogens (tertiary/aromatic N) is 3. The van der Waals surface area contributed by atoms with Crippen molar-refractivity contribution in [3.05, 3.63) is 48.1 Å². The number of carbonyl (C=O) groups is 1. The minimum atomic E-state index is -4.05. The molecule has 6 atom stereocenters. The van der Waals surface area contributed by atoms with Crippen LogP contribution in [0.4, 0.5) is 8.78 Å². The topological polar surface area (TPSA) is 122 Å². The molecule has 1 aromatic carbocycles. The maximum absolute atomic E-state index is 14.0. The number of alkyl halides is 1. The predicted octanol–water partition coefficient (Wildman–Crippen LogP) is 3.84. The van der Waals surface area contributed by atoms with E-state index in [2.05, 4.69) is 26.0 Å². The lowest BCUT2D eigenvalue weighted by Gasteiger charge is -2.35. The van der Waals surface area contributed by atoms with Gasteiger partial charge in [-0.2, -0.15) is 25.3 Å². The molecule has 200 valence electrons. The molecule has 2 saturated carbocycles. The number of hydrogen-bond donors (Lipinski definition) is 2. The van der Waals surface area contributed by atoms with Crippen molar-refractivity contribution in [3.8, 4) is 0 Å². The smallest absolute Gasteiger partial charge is 0.265 e. The fourth-order valence-electron chi connectivity index (χ4n) is 5.49. The molecule has 36 heavy (non-hydrogen) atoms. The molecule has 0 aliphatic heterocycles. The third kappa shape index (κ3) is 5.27. The van der Waals surface area contributed by atoms with E-state index in [4.69, 9.17) is 4.55 Å². The summed E-state index contributed by atoms with van der Waals surface area (Å²) >= 11 is 4.74. The third-order valence-electron chi connectivity index (χ3n) is 7.96. The van der Waals surface area contributed by atoms with Crippen LogP contribution in [0.25, 0.3) is 0 Å². The molecule has 2 bridgehead atoms. The van der Waals surface area contributed by atoms with Crippen LogP contribution in [0.3, 0.4) is 0 Å². The standard InChI is InChI=1S/C13H15F2N3OS.C10H15BrO4S/c1-9(20-2)13(19,6-18-8-16-7-17-18)11-4-3-10(14)5-12(11)15;1-9-4-3-6(7(11)8(9)12)10(9,2)5-16(13,14)15/h3-5,7-9,19H,6H2,1-2H3;6-7H,3-5H2,1-2H3,(H,13,14,15). The average molecular weight is 611 g/mol. The van der Waals surface area contributed by atoms with Gasteiger partial charge in [-0.05, 0) is 31.1 Å². The van der Waals surface area contributed by atoms with E-state index in [1.165, 1.54) is 35.2 Å². The molecule has 0 saturated heterocycles. The second-order valence-corrected chi connectivity index (χ2v) is 13.5. The highest BCUT2D eigenvalue weighted by atomic mass is 79.9. The van der Waals surface area contributed by atoms with E-state index in [1.54, 1.807) is 13.8 Å². The van der Waals surface area contributed by atoms with Crippen molar-refractivity contribution in [2.75, 3.05) is 12.0 Å². The molecule has 8 nitrogen and oxygen atoms in total. The van der Waals surface area contributed by atoms with E-state index in [-0.39, 0.29) is 39.6 Å². The number of aliphatic hydroxyl groups is 1. The second-order valence-electron chi connectivity index (χ2n) is 9.91. The predicted molar refractivity (Wildman–Crippen MR) is 136 cm³/mol. The third-order valence-corrected chi connectivity index (χ3v) is 11.1. The number of carbonyl (C=O) groups excluding carboxylic acids is 1. The number of halogens is 3. The van der Waals surface area contributed by atoms with Gasteiger partial charge in [-0.1, -0.05) is 42.8 Å². The number of benzene rings is 1. The lowest BCUT2D eigenvalue weighted by Crippen LogP contribution is -2.41. The molecule has 2 aromatic rings. The van der Waals surface area contributed by atoms with Crippen LogP contribution in [0.2, 0.25) is 0 Å². The molecule has 6 unspecified atom stereocenters. The summed E-state index contributed by atoms with van der Waals surface area (Å²) < 4.78 is 59.7. The molecule has 1 aromatic heterocycles. The van der Waals surface area contributed by atoms with Gasteiger partial charge < -0.3 is 5.11 Å². The fraction of sp³-hybridized carbons (Fsp3) is 0.609. The van der Waals surface area contributed by atoms with Crippen LogP contribution in [-0.2, 0) is 27.1 Å². The number of Topliss-reactive ketones (excluding diaryl/α,β-unsaturated/α-hetero) is 1. The molecular weight excluding hydrogens is 580 g/mol. The van der Waals surface area contributed by atoms with Gasteiger partial charge in [-0.3, -0.25) is 9.35 Å². The van der Waals surface area contributed by atoms with Crippen molar-refractivity contribution in [3.63, 3.8) is 0 Å². The highest BCUT2D eigenvalue weighted by molar-refractivity contribution is 9.10. The quantitative estimate of drug-likeness (QED) is 0.359. The Morgan fingerprint density at radius 1 is 1.36 bits per heavy atom. The zero-order valence-corrected chi connectivity index (χ0v) is 23.6. The summed E-state index contributed by atoms with van der Waals surface area (Å²) in [6.07, 6.45) is 6.15. The summed E-state index contributed by atoms with van der Waals surface area (Å²) in [6.45, 7) is 5.45. The maximum atomic E-state index is 14.0. The van der Waals surface area contributed by atoms with Crippen LogP contribution in [0.15, 0.2) is 30.9 Å². The number of ketones is 1. The molecule has 0 radical (unpaired) electrons. The van der Waals surface area contributed by atoms with E-state index in [1.807, 2.05) is 13.2 Å². The first-order chi connectivity index (χ1) is 16.6. The van der Waals surface area contributed by atoms with Crippen LogP contribution in [0.5, 0.6) is 0 Å². The zero-order valence-electron chi connectivity index (χ0n) is 20.4. The van der Waals surface area contributed by atoms with E-state index < -0.39 is 38.2 Å². The van der Waals surface area contributed by atoms with E-state index >= 15 is 0 Å². The molecule has 2 aliphatic rings. The van der Waals surface area contributed by atoms with Crippen LogP contribution < -0.4 is 0 Å². The van der Waals surface area contributed by atoms with Crippen LogP contribution in [-0.4, -0.2) is 60.7 Å². The molecule has 2 N–H and O–H groups in total. The number of hydrogen-bond acceptors (Lipinski definition) is 7. The Labute approximate surface area is 222 Å². The summed E-state index contributed by atoms with van der Waals surface area (Å²) in [5, 5.41) is 14.5. The minimum Gasteiger partial charge on any atom is -0.382 e. The van der Waals surface area contributed by atoms with Gasteiger partial charge in [0.1, 0.15) is 29.9 Å². The highest BCUT2D eigenvalue weighted by Crippen LogP contribution is 2.65. The van der Waals surface area contributed by atoms with Gasteiger partial charge >= 0.3 is 0 Å². The number of aromatic nitrogens is 3. The van der Waals surface area contributed by atoms with E-state index in [0.717, 1.165) is 18.6 Å². The monoisotopic (exact) mass is 609 g/mol. The van der Waals surface area contributed by atoms with Gasteiger partial charge in [0, 0.05) is 27.7 Å². The summed E-state index contributed by atoms with van der Waals surface area (Å²) in [6, 6.07) is 3.18. The van der Waals surface area contributed by atoms with Gasteiger partial charge in [-0.15, -0.1) is 0 Å². The van der Waals surface area contributed by atoms with Crippen molar-refractivity contribution >= 4 is 43.6 Å². The number of thioether (sulfide) groups is 1. The second kappa shape index (κ2) is 10.4. The molecule has 4 rings (SSSR count). The van der Waals surface area contributed by atoms with Gasteiger partial charge in [0.15, 0.2) is 5.78 Å². The van der Waals surface area contributed by atoms with Gasteiger partial charge in [-0.25, -0.2) is 18.4 Å². The summed E-state index contributed by atoms with van der Waals surface area (Å²) in [5.41, 5.74) is -2.73. The van der Waals surface area contributed by atoms with Crippen molar-refractivity contribution in [2.45, 2.75) is 55.8 Å². The number of rotatable bonds is 7. The Hall–Kier alpha value is -1.41. The Morgan fingerprint density at radius 2 is 2.03 bits per heavy atom. The normalized spacial score (nSPS) is 30.0. The Bertz CT molecular complexity index is 1220. The molecule has 2 fully saturated rings. The zero-order chi connectivity index (χ0) is 27.1. The van der Waals surface area contributed by atoms with E-state index in [9.17, 15) is 27.1 Å². The van der Waals surface area contributed by atoms with Crippen molar-refractivity contribution in [2.24, 2.45) is 16.7 Å². The van der Waals surface area contributed by atoms with Crippen molar-refractivity contribution in [1.82, 2.24) is 14.8 Å². The number of fused-ring (bicyclic) bond motifs is 2. The first-order valence-corrected chi connectivity index (χ1v) is 15.1.